The van der Waals surface area contributed by atoms with Crippen LogP contribution < -0.4 is 5.32 Å². The minimum Gasteiger partial charge on any atom is -0.359 e. The lowest BCUT2D eigenvalue weighted by molar-refractivity contribution is -0.129. The molecule has 28 heavy (non-hydrogen) atoms. The van der Waals surface area contributed by atoms with E-state index in [1.807, 2.05) is 48.5 Å². The van der Waals surface area contributed by atoms with E-state index in [-0.39, 0.29) is 30.7 Å². The molecule has 1 atom stereocenters. The number of hydrogen-bond acceptors (Lipinski definition) is 5. The van der Waals surface area contributed by atoms with Gasteiger partial charge in [0, 0.05) is 43.5 Å². The van der Waals surface area contributed by atoms with Crippen LogP contribution in [0.25, 0.3) is 11.3 Å². The van der Waals surface area contributed by atoms with Crippen molar-refractivity contribution in [2.24, 2.45) is 5.92 Å². The topological polar surface area (TPSA) is 88.3 Å². The molecule has 3 aromatic rings. The highest BCUT2D eigenvalue weighted by Crippen LogP contribution is 2.21. The largest absolute Gasteiger partial charge is 0.359 e. The van der Waals surface area contributed by atoms with Crippen LogP contribution in [0.3, 0.4) is 0 Å². The van der Waals surface area contributed by atoms with Gasteiger partial charge in [-0.25, -0.2) is 0 Å². The van der Waals surface area contributed by atoms with Crippen LogP contribution in [0.4, 0.5) is 0 Å². The van der Waals surface area contributed by atoms with Crippen LogP contribution in [0.2, 0.25) is 0 Å². The maximum absolute atomic E-state index is 12.5. The van der Waals surface area contributed by atoms with Crippen molar-refractivity contribution in [1.82, 2.24) is 20.4 Å². The van der Waals surface area contributed by atoms with Crippen LogP contribution in [-0.4, -0.2) is 33.4 Å². The number of rotatable bonds is 6. The van der Waals surface area contributed by atoms with Gasteiger partial charge >= 0.3 is 0 Å². The Morgan fingerprint density at radius 1 is 1.21 bits per heavy atom. The lowest BCUT2D eigenvalue weighted by Crippen LogP contribution is -2.32. The standard InChI is InChI=1S/C21H20N4O3/c26-20-9-17(14-25(20)13-15-5-4-8-22-11-15)21(27)23-12-18-10-19(24-28-18)16-6-2-1-3-7-16/h1-8,10-11,17H,9,12-14H2,(H,23,27)/t17-/m1/s1. The number of hydrogen-bond donors (Lipinski definition) is 1. The van der Waals surface area contributed by atoms with Gasteiger partial charge in [0.25, 0.3) is 0 Å². The van der Waals surface area contributed by atoms with E-state index in [0.29, 0.717) is 18.8 Å². The molecule has 7 nitrogen and oxygen atoms in total. The van der Waals surface area contributed by atoms with Crippen molar-refractivity contribution in [3.05, 3.63) is 72.2 Å². The summed E-state index contributed by atoms with van der Waals surface area (Å²) in [5.41, 5.74) is 2.63. The summed E-state index contributed by atoms with van der Waals surface area (Å²) in [6.45, 7) is 1.12. The van der Waals surface area contributed by atoms with E-state index in [1.54, 1.807) is 17.3 Å². The monoisotopic (exact) mass is 376 g/mol. The Kier molecular flexibility index (Phi) is 5.14. The van der Waals surface area contributed by atoms with Crippen LogP contribution >= 0.6 is 0 Å². The average Bonchev–Trinajstić information content (AvgIpc) is 3.35. The fourth-order valence-corrected chi connectivity index (χ4v) is 3.27. The maximum atomic E-state index is 12.5. The van der Waals surface area contributed by atoms with E-state index >= 15 is 0 Å². The zero-order valence-electron chi connectivity index (χ0n) is 15.2. The van der Waals surface area contributed by atoms with Crippen molar-refractivity contribution >= 4 is 11.8 Å². The van der Waals surface area contributed by atoms with E-state index in [4.69, 9.17) is 4.52 Å². The summed E-state index contributed by atoms with van der Waals surface area (Å²) >= 11 is 0. The van der Waals surface area contributed by atoms with Gasteiger partial charge in [-0.3, -0.25) is 14.6 Å². The molecule has 1 aromatic carbocycles. The summed E-state index contributed by atoms with van der Waals surface area (Å²) < 4.78 is 5.30. The minimum absolute atomic E-state index is 0.0185. The second-order valence-electron chi connectivity index (χ2n) is 6.80. The van der Waals surface area contributed by atoms with Gasteiger partial charge in [-0.15, -0.1) is 0 Å². The van der Waals surface area contributed by atoms with Crippen molar-refractivity contribution in [1.29, 1.82) is 0 Å². The van der Waals surface area contributed by atoms with Crippen molar-refractivity contribution < 1.29 is 14.1 Å². The normalized spacial score (nSPS) is 16.4. The summed E-state index contributed by atoms with van der Waals surface area (Å²) in [6.07, 6.45) is 3.64. The average molecular weight is 376 g/mol. The molecule has 1 saturated heterocycles. The third kappa shape index (κ3) is 4.09. The molecular weight excluding hydrogens is 356 g/mol. The molecule has 142 valence electrons. The lowest BCUT2D eigenvalue weighted by atomic mass is 10.1. The molecule has 0 aliphatic carbocycles. The minimum atomic E-state index is -0.360. The molecule has 0 bridgehead atoms. The maximum Gasteiger partial charge on any atom is 0.225 e. The van der Waals surface area contributed by atoms with Crippen molar-refractivity contribution in [2.75, 3.05) is 6.54 Å². The Morgan fingerprint density at radius 2 is 2.07 bits per heavy atom. The molecule has 2 amide bonds. The van der Waals surface area contributed by atoms with Gasteiger partial charge in [0.05, 0.1) is 12.5 Å². The first kappa shape index (κ1) is 17.9. The molecule has 1 aliphatic rings. The smallest absolute Gasteiger partial charge is 0.225 e. The molecule has 0 saturated carbocycles. The molecule has 0 spiro atoms. The second-order valence-corrected chi connectivity index (χ2v) is 6.80. The molecule has 7 heteroatoms. The number of carbonyl (C=O) groups is 2. The Balaban J connectivity index is 1.31. The van der Waals surface area contributed by atoms with Crippen molar-refractivity contribution in [3.63, 3.8) is 0 Å². The summed E-state index contributed by atoms with van der Waals surface area (Å²) in [5, 5.41) is 6.89. The summed E-state index contributed by atoms with van der Waals surface area (Å²) in [4.78, 5) is 30.5. The van der Waals surface area contributed by atoms with Crippen LogP contribution in [-0.2, 0) is 22.7 Å². The van der Waals surface area contributed by atoms with Crippen LogP contribution in [0.5, 0.6) is 0 Å². The molecular formula is C21H20N4O3. The van der Waals surface area contributed by atoms with Crippen LogP contribution in [0, 0.1) is 5.92 Å². The third-order valence-corrected chi connectivity index (χ3v) is 4.75. The van der Waals surface area contributed by atoms with Gasteiger partial charge in [-0.2, -0.15) is 0 Å². The van der Waals surface area contributed by atoms with Crippen molar-refractivity contribution in [2.45, 2.75) is 19.5 Å². The number of aromatic nitrogens is 2. The zero-order chi connectivity index (χ0) is 19.3. The zero-order valence-corrected chi connectivity index (χ0v) is 15.2. The SMILES string of the molecule is O=C(NCc1cc(-c2ccccc2)no1)[C@@H]1CC(=O)N(Cc2cccnc2)C1. The van der Waals surface area contributed by atoms with E-state index < -0.39 is 0 Å². The van der Waals surface area contributed by atoms with Crippen LogP contribution in [0.1, 0.15) is 17.7 Å². The second kappa shape index (κ2) is 8.04. The fraction of sp³-hybridized carbons (Fsp3) is 0.238. The molecule has 2 aromatic heterocycles. The van der Waals surface area contributed by atoms with Crippen LogP contribution in [0.15, 0.2) is 65.4 Å². The fourth-order valence-electron chi connectivity index (χ4n) is 3.27. The van der Waals surface area contributed by atoms with Gasteiger partial charge in [0.2, 0.25) is 11.8 Å². The van der Waals surface area contributed by atoms with Crippen molar-refractivity contribution in [3.8, 4) is 11.3 Å². The highest BCUT2D eigenvalue weighted by Gasteiger charge is 2.34. The third-order valence-electron chi connectivity index (χ3n) is 4.75. The quantitative estimate of drug-likeness (QED) is 0.714. The number of likely N-dealkylation sites (tertiary alicyclic amines) is 1. The first-order chi connectivity index (χ1) is 13.7. The first-order valence-electron chi connectivity index (χ1n) is 9.14. The number of amides is 2. The predicted molar refractivity (Wildman–Crippen MR) is 102 cm³/mol. The van der Waals surface area contributed by atoms with Gasteiger partial charge in [-0.1, -0.05) is 41.6 Å². The highest BCUT2D eigenvalue weighted by molar-refractivity contribution is 5.89. The van der Waals surface area contributed by atoms with Gasteiger partial charge < -0.3 is 14.7 Å². The first-order valence-corrected chi connectivity index (χ1v) is 9.14. The van der Waals surface area contributed by atoms with Gasteiger partial charge in [0.1, 0.15) is 5.69 Å². The summed E-state index contributed by atoms with van der Waals surface area (Å²) in [5.74, 6) is 0.0409. The Bertz CT molecular complexity index is 956. The Morgan fingerprint density at radius 3 is 2.86 bits per heavy atom. The number of carbonyl (C=O) groups excluding carboxylic acids is 2. The molecule has 3 heterocycles. The number of benzene rings is 1. The molecule has 1 aliphatic heterocycles. The Labute approximate surface area is 162 Å². The molecule has 1 fully saturated rings. The molecule has 0 unspecified atom stereocenters. The molecule has 4 rings (SSSR count). The molecule has 1 N–H and O–H groups in total. The molecule has 0 radical (unpaired) electrons. The number of nitrogens with one attached hydrogen (secondary N) is 1. The number of pyridine rings is 1. The van der Waals surface area contributed by atoms with E-state index in [0.717, 1.165) is 16.8 Å². The Hall–Kier alpha value is -3.48. The van der Waals surface area contributed by atoms with E-state index in [1.165, 1.54) is 0 Å². The lowest BCUT2D eigenvalue weighted by Gasteiger charge is -2.16. The summed E-state index contributed by atoms with van der Waals surface area (Å²) in [7, 11) is 0. The van der Waals surface area contributed by atoms with E-state index in [2.05, 4.69) is 15.5 Å². The van der Waals surface area contributed by atoms with E-state index in [9.17, 15) is 9.59 Å². The predicted octanol–water partition coefficient (Wildman–Crippen LogP) is 2.40. The summed E-state index contributed by atoms with van der Waals surface area (Å²) in [6, 6.07) is 15.3. The number of nitrogens with zero attached hydrogens (tertiary/aromatic N) is 3. The van der Waals surface area contributed by atoms with Gasteiger partial charge in [0.15, 0.2) is 5.76 Å². The highest BCUT2D eigenvalue weighted by atomic mass is 16.5. The van der Waals surface area contributed by atoms with Gasteiger partial charge in [-0.05, 0) is 11.6 Å².